The number of imidazole rings is 1. The number of guanidine groups is 1. The van der Waals surface area contributed by atoms with E-state index in [0.29, 0.717) is 18.5 Å². The lowest BCUT2D eigenvalue weighted by Gasteiger charge is -2.34. The second-order valence-corrected chi connectivity index (χ2v) is 9.41. The van der Waals surface area contributed by atoms with Crippen LogP contribution in [-0.4, -0.2) is 63.8 Å². The van der Waals surface area contributed by atoms with Gasteiger partial charge in [-0.3, -0.25) is 9.79 Å². The lowest BCUT2D eigenvalue weighted by atomic mass is 9.85. The molecular formula is C22H33IN6OS. The van der Waals surface area contributed by atoms with Crippen molar-refractivity contribution in [1.29, 1.82) is 0 Å². The number of halogens is 1. The van der Waals surface area contributed by atoms with Gasteiger partial charge >= 0.3 is 0 Å². The highest BCUT2D eigenvalue weighted by molar-refractivity contribution is 14.0. The summed E-state index contributed by atoms with van der Waals surface area (Å²) in [5.41, 5.74) is 3.12. The fourth-order valence-electron chi connectivity index (χ4n) is 4.37. The van der Waals surface area contributed by atoms with Crippen LogP contribution in [0.4, 0.5) is 0 Å². The number of fused-ring (bicyclic) bond motifs is 1. The van der Waals surface area contributed by atoms with E-state index in [0.717, 1.165) is 67.6 Å². The van der Waals surface area contributed by atoms with E-state index in [-0.39, 0.29) is 29.9 Å². The topological polar surface area (TPSA) is 74.0 Å². The first-order valence-electron chi connectivity index (χ1n) is 10.9. The van der Waals surface area contributed by atoms with E-state index in [4.69, 9.17) is 0 Å². The molecular weight excluding hydrogens is 523 g/mol. The number of hydrogen-bond donors (Lipinski definition) is 2. The van der Waals surface area contributed by atoms with Gasteiger partial charge in [0.05, 0.1) is 12.2 Å². The molecule has 2 aromatic heterocycles. The fraction of sp³-hybridized carbons (Fsp3) is 0.591. The van der Waals surface area contributed by atoms with Crippen LogP contribution in [0, 0.1) is 12.8 Å². The summed E-state index contributed by atoms with van der Waals surface area (Å²) >= 11 is 1.95. The van der Waals surface area contributed by atoms with Crippen LogP contribution in [0.1, 0.15) is 37.1 Å². The Kier molecular flexibility index (Phi) is 8.88. The van der Waals surface area contributed by atoms with E-state index in [2.05, 4.69) is 49.1 Å². The third-order valence-corrected chi connectivity index (χ3v) is 7.09. The summed E-state index contributed by atoms with van der Waals surface area (Å²) in [6, 6.07) is 6.49. The molecule has 0 bridgehead atoms. The predicted molar refractivity (Wildman–Crippen MR) is 138 cm³/mol. The molecule has 0 aromatic carbocycles. The minimum absolute atomic E-state index is 0. The highest BCUT2D eigenvalue weighted by Gasteiger charge is 2.30. The molecule has 1 saturated heterocycles. The zero-order chi connectivity index (χ0) is 20.9. The Bertz CT molecular complexity index is 903. The van der Waals surface area contributed by atoms with Crippen LogP contribution in [0.15, 0.2) is 29.4 Å². The lowest BCUT2D eigenvalue weighted by Crippen LogP contribution is -2.47. The zero-order valence-corrected chi connectivity index (χ0v) is 21.5. The van der Waals surface area contributed by atoms with Crippen molar-refractivity contribution in [1.82, 2.24) is 24.9 Å². The maximum atomic E-state index is 12.7. The number of amides is 1. The Balaban J connectivity index is 0.00000272. The average molecular weight is 557 g/mol. The van der Waals surface area contributed by atoms with Gasteiger partial charge in [-0.2, -0.15) is 11.8 Å². The summed E-state index contributed by atoms with van der Waals surface area (Å²) < 4.78 is 2.10. The first kappa shape index (κ1) is 24.2. The van der Waals surface area contributed by atoms with Gasteiger partial charge in [-0.15, -0.1) is 24.0 Å². The van der Waals surface area contributed by atoms with Crippen LogP contribution in [0.25, 0.3) is 5.65 Å². The second kappa shape index (κ2) is 11.4. The molecule has 1 amide bonds. The second-order valence-electron chi connectivity index (χ2n) is 8.18. The van der Waals surface area contributed by atoms with Crippen LogP contribution in [0.2, 0.25) is 0 Å². The molecule has 2 N–H and O–H groups in total. The maximum absolute atomic E-state index is 12.7. The van der Waals surface area contributed by atoms with Crippen LogP contribution in [-0.2, 0) is 11.3 Å². The number of nitrogens with one attached hydrogen (secondary N) is 2. The Morgan fingerprint density at radius 3 is 2.65 bits per heavy atom. The molecule has 9 heteroatoms. The van der Waals surface area contributed by atoms with Crippen molar-refractivity contribution in [2.75, 3.05) is 31.6 Å². The van der Waals surface area contributed by atoms with Gasteiger partial charge in [0, 0.05) is 55.5 Å². The van der Waals surface area contributed by atoms with Crippen molar-refractivity contribution in [2.24, 2.45) is 10.9 Å². The molecule has 0 atom stereocenters. The number of rotatable bonds is 4. The molecule has 31 heavy (non-hydrogen) atoms. The molecule has 170 valence electrons. The number of carbonyl (C=O) groups is 1. The van der Waals surface area contributed by atoms with Crippen molar-refractivity contribution in [3.63, 3.8) is 0 Å². The van der Waals surface area contributed by atoms with Gasteiger partial charge in [0.15, 0.2) is 5.96 Å². The highest BCUT2D eigenvalue weighted by Crippen LogP contribution is 2.27. The summed E-state index contributed by atoms with van der Waals surface area (Å²) in [6.07, 6.45) is 6.01. The molecule has 2 aromatic rings. The number of aromatic nitrogens is 2. The van der Waals surface area contributed by atoms with Gasteiger partial charge in [-0.05, 0) is 44.7 Å². The molecule has 7 nitrogen and oxygen atoms in total. The van der Waals surface area contributed by atoms with Crippen molar-refractivity contribution in [2.45, 2.75) is 45.2 Å². The van der Waals surface area contributed by atoms with Crippen LogP contribution in [0.5, 0.6) is 0 Å². The van der Waals surface area contributed by atoms with Gasteiger partial charge in [0.25, 0.3) is 0 Å². The highest BCUT2D eigenvalue weighted by atomic mass is 127. The quantitative estimate of drug-likeness (QED) is 0.344. The van der Waals surface area contributed by atoms with E-state index in [1.165, 1.54) is 5.69 Å². The normalized spacial score (nSPS) is 22.1. The fourth-order valence-corrected chi connectivity index (χ4v) is 5.28. The lowest BCUT2D eigenvalue weighted by molar-refractivity contribution is -0.136. The maximum Gasteiger partial charge on any atom is 0.225 e. The smallest absolute Gasteiger partial charge is 0.225 e. The number of nitrogens with zero attached hydrogens (tertiary/aromatic N) is 4. The zero-order valence-electron chi connectivity index (χ0n) is 18.3. The van der Waals surface area contributed by atoms with E-state index >= 15 is 0 Å². The number of hydrogen-bond acceptors (Lipinski definition) is 4. The summed E-state index contributed by atoms with van der Waals surface area (Å²) in [4.78, 5) is 23.9. The summed E-state index contributed by atoms with van der Waals surface area (Å²) in [5, 5.41) is 6.92. The third kappa shape index (κ3) is 6.06. The van der Waals surface area contributed by atoms with Crippen LogP contribution in [0.3, 0.4) is 0 Å². The molecule has 1 aliphatic carbocycles. The Morgan fingerprint density at radius 2 is 1.97 bits per heavy atom. The first-order chi connectivity index (χ1) is 14.6. The molecule has 0 spiro atoms. The van der Waals surface area contributed by atoms with E-state index in [9.17, 15) is 4.79 Å². The Hall–Kier alpha value is -1.49. The van der Waals surface area contributed by atoms with Crippen molar-refractivity contribution in [3.05, 3.63) is 35.8 Å². The Morgan fingerprint density at radius 1 is 1.23 bits per heavy atom. The molecule has 0 unspecified atom stereocenters. The molecule has 1 saturated carbocycles. The minimum Gasteiger partial charge on any atom is -0.354 e. The Labute approximate surface area is 205 Å². The van der Waals surface area contributed by atoms with E-state index in [1.54, 1.807) is 7.05 Å². The monoisotopic (exact) mass is 556 g/mol. The SMILES string of the molecule is CN=C(NCc1cn2c(C)cccc2n1)NC1CCC(C(=O)N2CCSCC2)CC1.I. The standard InChI is InChI=1S/C22H32N6OS.HI/c1-16-4-3-5-20-25-19(15-28(16)20)14-24-22(23-2)26-18-8-6-17(7-9-18)21(29)27-10-12-30-13-11-27;/h3-5,15,17-18H,6-14H2,1-2H3,(H2,23,24,26);1H. The van der Waals surface area contributed by atoms with Gasteiger partial charge < -0.3 is 19.9 Å². The summed E-state index contributed by atoms with van der Waals surface area (Å²) in [6.45, 7) is 4.54. The third-order valence-electron chi connectivity index (χ3n) is 6.15. The predicted octanol–water partition coefficient (Wildman–Crippen LogP) is 3.06. The number of thioether (sulfide) groups is 1. The van der Waals surface area contributed by atoms with E-state index < -0.39 is 0 Å². The van der Waals surface area contributed by atoms with Crippen LogP contribution >= 0.6 is 35.7 Å². The largest absolute Gasteiger partial charge is 0.354 e. The van der Waals surface area contributed by atoms with Crippen molar-refractivity contribution < 1.29 is 4.79 Å². The minimum atomic E-state index is 0. The molecule has 3 heterocycles. The summed E-state index contributed by atoms with van der Waals surface area (Å²) in [5.74, 6) is 3.53. The number of pyridine rings is 1. The molecule has 1 aliphatic heterocycles. The molecule has 2 fully saturated rings. The molecule has 0 radical (unpaired) electrons. The summed E-state index contributed by atoms with van der Waals surface area (Å²) in [7, 11) is 1.80. The molecule has 4 rings (SSSR count). The van der Waals surface area contributed by atoms with E-state index in [1.807, 2.05) is 23.9 Å². The van der Waals surface area contributed by atoms with Gasteiger partial charge in [0.1, 0.15) is 5.65 Å². The van der Waals surface area contributed by atoms with Crippen molar-refractivity contribution in [3.8, 4) is 0 Å². The van der Waals surface area contributed by atoms with Gasteiger partial charge in [0.2, 0.25) is 5.91 Å². The van der Waals surface area contributed by atoms with Gasteiger partial charge in [-0.1, -0.05) is 6.07 Å². The number of carbonyl (C=O) groups excluding carboxylic acids is 1. The molecule has 2 aliphatic rings. The number of aryl methyl sites for hydroxylation is 1. The van der Waals surface area contributed by atoms with Crippen molar-refractivity contribution >= 4 is 53.3 Å². The average Bonchev–Trinajstić information content (AvgIpc) is 3.22. The van der Waals surface area contributed by atoms with Crippen LogP contribution < -0.4 is 10.6 Å². The number of aliphatic imine (C=N–C) groups is 1. The van der Waals surface area contributed by atoms with Gasteiger partial charge in [-0.25, -0.2) is 4.98 Å². The first-order valence-corrected chi connectivity index (χ1v) is 12.1.